The minimum atomic E-state index is -4.44. The van der Waals surface area contributed by atoms with Gasteiger partial charge in [-0.2, -0.15) is 18.4 Å². The molecule has 0 atom stereocenters. The number of nitriles is 1. The predicted octanol–water partition coefficient (Wildman–Crippen LogP) is 5.74. The minimum Gasteiger partial charge on any atom is -0.354 e. The Bertz CT molecular complexity index is 723. The number of benzene rings is 2. The van der Waals surface area contributed by atoms with E-state index in [0.29, 0.717) is 15.7 Å². The largest absolute Gasteiger partial charge is 0.416 e. The van der Waals surface area contributed by atoms with Crippen molar-refractivity contribution in [1.82, 2.24) is 0 Å². The van der Waals surface area contributed by atoms with Gasteiger partial charge in [0.25, 0.3) is 0 Å². The summed E-state index contributed by atoms with van der Waals surface area (Å²) in [5.41, 5.74) is 0.294. The first-order valence-electron chi connectivity index (χ1n) is 5.64. The Morgan fingerprint density at radius 1 is 1.14 bits per heavy atom. The van der Waals surface area contributed by atoms with Gasteiger partial charge in [0.15, 0.2) is 0 Å². The van der Waals surface area contributed by atoms with Crippen molar-refractivity contribution >= 4 is 38.9 Å². The first-order valence-corrected chi connectivity index (χ1v) is 6.82. The van der Waals surface area contributed by atoms with Crippen LogP contribution in [0.1, 0.15) is 11.1 Å². The highest BCUT2D eigenvalue weighted by atomic mass is 79.9. The van der Waals surface area contributed by atoms with Crippen LogP contribution in [0.2, 0.25) is 5.02 Å². The number of alkyl halides is 3. The van der Waals surface area contributed by atoms with E-state index in [2.05, 4.69) is 21.2 Å². The van der Waals surface area contributed by atoms with Crippen LogP contribution in [0.15, 0.2) is 40.9 Å². The fourth-order valence-electron chi connectivity index (χ4n) is 1.64. The molecule has 2 aromatic rings. The third-order valence-electron chi connectivity index (χ3n) is 2.66. The quantitative estimate of drug-likeness (QED) is 0.727. The van der Waals surface area contributed by atoms with Crippen molar-refractivity contribution in [2.45, 2.75) is 6.18 Å². The van der Waals surface area contributed by atoms with Gasteiger partial charge >= 0.3 is 6.18 Å². The zero-order chi connectivity index (χ0) is 15.6. The molecule has 0 saturated heterocycles. The average Bonchev–Trinajstić information content (AvgIpc) is 2.40. The summed E-state index contributed by atoms with van der Waals surface area (Å²) >= 11 is 9.11. The lowest BCUT2D eigenvalue weighted by molar-refractivity contribution is -0.137. The van der Waals surface area contributed by atoms with Gasteiger partial charge in [0, 0.05) is 10.2 Å². The maximum atomic E-state index is 12.7. The second-order valence-electron chi connectivity index (χ2n) is 4.12. The third kappa shape index (κ3) is 3.69. The summed E-state index contributed by atoms with van der Waals surface area (Å²) in [5, 5.41) is 11.8. The highest BCUT2D eigenvalue weighted by Crippen LogP contribution is 2.35. The SMILES string of the molecule is N#Cc1ccc(Nc2cc(C(F)(F)F)ccc2Cl)cc1Br. The van der Waals surface area contributed by atoms with E-state index in [4.69, 9.17) is 16.9 Å². The molecule has 2 aromatic carbocycles. The number of nitrogens with zero attached hydrogens (tertiary/aromatic N) is 1. The van der Waals surface area contributed by atoms with Crippen LogP contribution in [0.3, 0.4) is 0 Å². The molecule has 0 unspecified atom stereocenters. The monoisotopic (exact) mass is 374 g/mol. The number of halogens is 5. The van der Waals surface area contributed by atoms with Gasteiger partial charge in [0.05, 0.1) is 21.8 Å². The van der Waals surface area contributed by atoms with Gasteiger partial charge in [-0.05, 0) is 52.3 Å². The molecular formula is C14H7BrClF3N2. The van der Waals surface area contributed by atoms with Gasteiger partial charge in [-0.1, -0.05) is 11.6 Å². The molecule has 0 amide bonds. The molecule has 0 aromatic heterocycles. The van der Waals surface area contributed by atoms with Crippen molar-refractivity contribution in [3.05, 3.63) is 57.0 Å². The fourth-order valence-corrected chi connectivity index (χ4v) is 2.27. The molecule has 0 saturated carbocycles. The van der Waals surface area contributed by atoms with Crippen LogP contribution in [0.5, 0.6) is 0 Å². The molecule has 21 heavy (non-hydrogen) atoms. The number of nitrogens with one attached hydrogen (secondary N) is 1. The molecule has 0 aliphatic carbocycles. The van der Waals surface area contributed by atoms with Gasteiger partial charge in [-0.3, -0.25) is 0 Å². The van der Waals surface area contributed by atoms with Gasteiger partial charge in [-0.25, -0.2) is 0 Å². The molecule has 0 spiro atoms. The summed E-state index contributed by atoms with van der Waals surface area (Å²) in [6.07, 6.45) is -4.44. The molecule has 1 N–H and O–H groups in total. The number of anilines is 2. The number of hydrogen-bond acceptors (Lipinski definition) is 2. The lowest BCUT2D eigenvalue weighted by atomic mass is 10.1. The van der Waals surface area contributed by atoms with E-state index >= 15 is 0 Å². The van der Waals surface area contributed by atoms with E-state index in [1.807, 2.05) is 6.07 Å². The van der Waals surface area contributed by atoms with E-state index in [0.717, 1.165) is 12.1 Å². The smallest absolute Gasteiger partial charge is 0.354 e. The normalized spacial score (nSPS) is 11.0. The highest BCUT2D eigenvalue weighted by Gasteiger charge is 2.30. The minimum absolute atomic E-state index is 0.142. The summed E-state index contributed by atoms with van der Waals surface area (Å²) in [5.74, 6) is 0. The van der Waals surface area contributed by atoms with Crippen LogP contribution in [0, 0.1) is 11.3 Å². The van der Waals surface area contributed by atoms with E-state index < -0.39 is 11.7 Å². The molecule has 7 heteroatoms. The molecule has 0 aliphatic heterocycles. The van der Waals surface area contributed by atoms with Gasteiger partial charge in [0.2, 0.25) is 0 Å². The standard InChI is InChI=1S/C14H7BrClF3N2/c15-11-6-10(3-1-8(11)7-20)21-13-5-9(14(17,18)19)2-4-12(13)16/h1-6,21H. The van der Waals surface area contributed by atoms with Crippen LogP contribution >= 0.6 is 27.5 Å². The number of rotatable bonds is 2. The summed E-state index contributed by atoms with van der Waals surface area (Å²) in [7, 11) is 0. The Morgan fingerprint density at radius 2 is 1.86 bits per heavy atom. The van der Waals surface area contributed by atoms with Crippen molar-refractivity contribution in [3.8, 4) is 6.07 Å². The first kappa shape index (κ1) is 15.7. The molecule has 0 aliphatic rings. The highest BCUT2D eigenvalue weighted by molar-refractivity contribution is 9.10. The molecule has 0 radical (unpaired) electrons. The fraction of sp³-hybridized carbons (Fsp3) is 0.0714. The zero-order valence-corrected chi connectivity index (χ0v) is 12.6. The average molecular weight is 376 g/mol. The van der Waals surface area contributed by atoms with Crippen molar-refractivity contribution in [2.24, 2.45) is 0 Å². The van der Waals surface area contributed by atoms with Gasteiger partial charge in [0.1, 0.15) is 6.07 Å². The van der Waals surface area contributed by atoms with Crippen molar-refractivity contribution in [1.29, 1.82) is 5.26 Å². The third-order valence-corrected chi connectivity index (χ3v) is 3.65. The lowest BCUT2D eigenvalue weighted by Crippen LogP contribution is -2.05. The van der Waals surface area contributed by atoms with Crippen LogP contribution in [0.4, 0.5) is 24.5 Å². The van der Waals surface area contributed by atoms with E-state index in [-0.39, 0.29) is 10.7 Å². The lowest BCUT2D eigenvalue weighted by Gasteiger charge is -2.13. The maximum absolute atomic E-state index is 12.7. The van der Waals surface area contributed by atoms with Crippen LogP contribution < -0.4 is 5.32 Å². The van der Waals surface area contributed by atoms with Gasteiger partial charge in [-0.15, -0.1) is 0 Å². The Balaban J connectivity index is 2.35. The maximum Gasteiger partial charge on any atom is 0.416 e. The van der Waals surface area contributed by atoms with Crippen molar-refractivity contribution in [2.75, 3.05) is 5.32 Å². The Hall–Kier alpha value is -1.71. The second-order valence-corrected chi connectivity index (χ2v) is 5.39. The van der Waals surface area contributed by atoms with Crippen LogP contribution in [-0.4, -0.2) is 0 Å². The topological polar surface area (TPSA) is 35.8 Å². The van der Waals surface area contributed by atoms with Crippen molar-refractivity contribution < 1.29 is 13.2 Å². The predicted molar refractivity (Wildman–Crippen MR) is 78.6 cm³/mol. The first-order chi connectivity index (χ1) is 9.81. The van der Waals surface area contributed by atoms with Crippen LogP contribution in [0.25, 0.3) is 0 Å². The summed E-state index contributed by atoms with van der Waals surface area (Å²) in [6.45, 7) is 0. The van der Waals surface area contributed by atoms with Gasteiger partial charge < -0.3 is 5.32 Å². The molecule has 0 bridgehead atoms. The molecule has 0 heterocycles. The van der Waals surface area contributed by atoms with E-state index in [9.17, 15) is 13.2 Å². The molecular weight excluding hydrogens is 369 g/mol. The Morgan fingerprint density at radius 3 is 2.43 bits per heavy atom. The zero-order valence-electron chi connectivity index (χ0n) is 10.3. The van der Waals surface area contributed by atoms with E-state index in [1.165, 1.54) is 6.07 Å². The number of hydrogen-bond donors (Lipinski definition) is 1. The van der Waals surface area contributed by atoms with Crippen LogP contribution in [-0.2, 0) is 6.18 Å². The summed E-state index contributed by atoms with van der Waals surface area (Å²) in [4.78, 5) is 0. The molecule has 108 valence electrons. The van der Waals surface area contributed by atoms with E-state index in [1.54, 1.807) is 18.2 Å². The summed E-state index contributed by atoms with van der Waals surface area (Å²) in [6, 6.07) is 9.75. The van der Waals surface area contributed by atoms with Crippen molar-refractivity contribution in [3.63, 3.8) is 0 Å². The Kier molecular flexibility index (Phi) is 4.45. The molecule has 2 rings (SSSR count). The second kappa shape index (κ2) is 5.96. The molecule has 0 fully saturated rings. The summed E-state index contributed by atoms with van der Waals surface area (Å²) < 4.78 is 38.6. The molecule has 2 nitrogen and oxygen atoms in total. The Labute approximate surface area is 132 Å².